The van der Waals surface area contributed by atoms with Gasteiger partial charge in [-0.3, -0.25) is 4.79 Å². The standard InChI is InChI=1S/C11H18O2/c1-3-9(2)13-11(12)8-10-6-4-5-7-10/h4-5,9-10H,3,6-8H2,1-2H3. The van der Waals surface area contributed by atoms with Gasteiger partial charge in [-0.05, 0) is 32.1 Å². The zero-order valence-corrected chi connectivity index (χ0v) is 8.45. The predicted molar refractivity (Wildman–Crippen MR) is 52.3 cm³/mol. The molecule has 0 radical (unpaired) electrons. The van der Waals surface area contributed by atoms with E-state index in [-0.39, 0.29) is 12.1 Å². The molecule has 1 atom stereocenters. The van der Waals surface area contributed by atoms with E-state index in [4.69, 9.17) is 4.74 Å². The Kier molecular flexibility index (Phi) is 4.00. The zero-order valence-electron chi connectivity index (χ0n) is 8.45. The van der Waals surface area contributed by atoms with Crippen LogP contribution in [0.25, 0.3) is 0 Å². The minimum atomic E-state index is -0.0388. The normalized spacial score (nSPS) is 18.9. The van der Waals surface area contributed by atoms with Gasteiger partial charge in [0.25, 0.3) is 0 Å². The van der Waals surface area contributed by atoms with Gasteiger partial charge >= 0.3 is 5.97 Å². The lowest BCUT2D eigenvalue weighted by Gasteiger charge is -2.13. The lowest BCUT2D eigenvalue weighted by Crippen LogP contribution is -2.16. The van der Waals surface area contributed by atoms with Crippen molar-refractivity contribution in [3.8, 4) is 0 Å². The van der Waals surface area contributed by atoms with Crippen LogP contribution in [0.1, 0.15) is 39.5 Å². The van der Waals surface area contributed by atoms with Crippen molar-refractivity contribution in [1.82, 2.24) is 0 Å². The maximum absolute atomic E-state index is 11.3. The largest absolute Gasteiger partial charge is 0.463 e. The lowest BCUT2D eigenvalue weighted by atomic mass is 10.0. The van der Waals surface area contributed by atoms with E-state index >= 15 is 0 Å². The molecule has 0 N–H and O–H groups in total. The van der Waals surface area contributed by atoms with Gasteiger partial charge in [-0.25, -0.2) is 0 Å². The maximum atomic E-state index is 11.3. The summed E-state index contributed by atoms with van der Waals surface area (Å²) >= 11 is 0. The lowest BCUT2D eigenvalue weighted by molar-refractivity contribution is -0.149. The quantitative estimate of drug-likeness (QED) is 0.493. The van der Waals surface area contributed by atoms with Gasteiger partial charge in [0, 0.05) is 6.42 Å². The minimum absolute atomic E-state index is 0.0388. The van der Waals surface area contributed by atoms with Crippen molar-refractivity contribution in [3.63, 3.8) is 0 Å². The predicted octanol–water partition coefficient (Wildman–Crippen LogP) is 2.68. The van der Waals surface area contributed by atoms with Crippen LogP contribution in [-0.4, -0.2) is 12.1 Å². The number of ether oxygens (including phenoxy) is 1. The summed E-state index contributed by atoms with van der Waals surface area (Å²) in [6.07, 6.45) is 7.90. The summed E-state index contributed by atoms with van der Waals surface area (Å²) < 4.78 is 5.19. The van der Waals surface area contributed by atoms with Crippen molar-refractivity contribution in [3.05, 3.63) is 12.2 Å². The molecule has 0 aromatic carbocycles. The van der Waals surface area contributed by atoms with Gasteiger partial charge in [-0.15, -0.1) is 0 Å². The average Bonchev–Trinajstić information content (AvgIpc) is 2.56. The van der Waals surface area contributed by atoms with E-state index in [0.717, 1.165) is 19.3 Å². The SMILES string of the molecule is CCC(C)OC(=O)CC1CC=CC1. The van der Waals surface area contributed by atoms with Gasteiger partial charge in [-0.2, -0.15) is 0 Å². The van der Waals surface area contributed by atoms with Crippen LogP contribution in [0.3, 0.4) is 0 Å². The molecule has 1 aliphatic carbocycles. The number of rotatable bonds is 4. The van der Waals surface area contributed by atoms with Gasteiger partial charge in [-0.1, -0.05) is 19.1 Å². The molecule has 2 nitrogen and oxygen atoms in total. The Morgan fingerprint density at radius 2 is 2.15 bits per heavy atom. The summed E-state index contributed by atoms with van der Waals surface area (Å²) in [6.45, 7) is 3.96. The maximum Gasteiger partial charge on any atom is 0.306 e. The first-order valence-corrected chi connectivity index (χ1v) is 5.06. The molecule has 0 bridgehead atoms. The molecule has 1 rings (SSSR count). The number of hydrogen-bond donors (Lipinski definition) is 0. The fourth-order valence-corrected chi connectivity index (χ4v) is 1.43. The molecule has 1 unspecified atom stereocenters. The van der Waals surface area contributed by atoms with E-state index < -0.39 is 0 Å². The molecule has 0 aromatic heterocycles. The number of esters is 1. The van der Waals surface area contributed by atoms with Crippen LogP contribution >= 0.6 is 0 Å². The van der Waals surface area contributed by atoms with Crippen molar-refractivity contribution in [1.29, 1.82) is 0 Å². The third-order valence-corrected chi connectivity index (χ3v) is 2.47. The zero-order chi connectivity index (χ0) is 9.68. The minimum Gasteiger partial charge on any atom is -0.463 e. The Labute approximate surface area is 80.0 Å². The van der Waals surface area contributed by atoms with Crippen LogP contribution in [0, 0.1) is 5.92 Å². The average molecular weight is 182 g/mol. The number of hydrogen-bond acceptors (Lipinski definition) is 2. The van der Waals surface area contributed by atoms with Gasteiger partial charge in [0.1, 0.15) is 0 Å². The van der Waals surface area contributed by atoms with Gasteiger partial charge in [0.15, 0.2) is 0 Å². The molecule has 0 heterocycles. The van der Waals surface area contributed by atoms with Crippen LogP contribution in [0.2, 0.25) is 0 Å². The first-order chi connectivity index (χ1) is 6.22. The molecule has 0 saturated heterocycles. The van der Waals surface area contributed by atoms with E-state index in [9.17, 15) is 4.79 Å². The van der Waals surface area contributed by atoms with Crippen molar-refractivity contribution in [2.45, 2.75) is 45.6 Å². The van der Waals surface area contributed by atoms with Crippen LogP contribution in [-0.2, 0) is 9.53 Å². The molecule has 0 saturated carbocycles. The Bertz CT molecular complexity index is 188. The fraction of sp³-hybridized carbons (Fsp3) is 0.727. The van der Waals surface area contributed by atoms with Gasteiger partial charge in [0.05, 0.1) is 6.10 Å². The second-order valence-electron chi connectivity index (χ2n) is 3.72. The van der Waals surface area contributed by atoms with Crippen LogP contribution in [0.4, 0.5) is 0 Å². The Hall–Kier alpha value is -0.790. The summed E-state index contributed by atoms with van der Waals surface area (Å²) in [4.78, 5) is 11.3. The molecule has 0 aliphatic heterocycles. The Morgan fingerprint density at radius 3 is 2.69 bits per heavy atom. The first kappa shape index (κ1) is 10.3. The monoisotopic (exact) mass is 182 g/mol. The summed E-state index contributed by atoms with van der Waals surface area (Å²) in [5, 5.41) is 0. The van der Waals surface area contributed by atoms with Crippen LogP contribution < -0.4 is 0 Å². The van der Waals surface area contributed by atoms with E-state index in [1.54, 1.807) is 0 Å². The second-order valence-corrected chi connectivity index (χ2v) is 3.72. The van der Waals surface area contributed by atoms with Crippen molar-refractivity contribution in [2.24, 2.45) is 5.92 Å². The topological polar surface area (TPSA) is 26.3 Å². The van der Waals surface area contributed by atoms with E-state index in [1.165, 1.54) is 0 Å². The van der Waals surface area contributed by atoms with Gasteiger partial charge in [0.2, 0.25) is 0 Å². The highest BCUT2D eigenvalue weighted by molar-refractivity contribution is 5.70. The van der Waals surface area contributed by atoms with Crippen molar-refractivity contribution in [2.75, 3.05) is 0 Å². The molecule has 2 heteroatoms. The van der Waals surface area contributed by atoms with Crippen LogP contribution in [0.15, 0.2) is 12.2 Å². The molecule has 1 aliphatic rings. The molecule has 0 spiro atoms. The molecular formula is C11H18O2. The fourth-order valence-electron chi connectivity index (χ4n) is 1.43. The van der Waals surface area contributed by atoms with E-state index in [2.05, 4.69) is 12.2 Å². The number of carbonyl (C=O) groups is 1. The van der Waals surface area contributed by atoms with Gasteiger partial charge < -0.3 is 4.74 Å². The molecule has 74 valence electrons. The second kappa shape index (κ2) is 5.05. The summed E-state index contributed by atoms with van der Waals surface area (Å²) in [6, 6.07) is 0. The highest BCUT2D eigenvalue weighted by Crippen LogP contribution is 2.21. The van der Waals surface area contributed by atoms with Crippen molar-refractivity contribution < 1.29 is 9.53 Å². The molecule has 0 fully saturated rings. The Balaban J connectivity index is 2.17. The number of carbonyl (C=O) groups excluding carboxylic acids is 1. The highest BCUT2D eigenvalue weighted by atomic mass is 16.5. The summed E-state index contributed by atoms with van der Waals surface area (Å²) in [7, 11) is 0. The van der Waals surface area contributed by atoms with E-state index in [0.29, 0.717) is 12.3 Å². The molecular weight excluding hydrogens is 164 g/mol. The third kappa shape index (κ3) is 3.62. The highest BCUT2D eigenvalue weighted by Gasteiger charge is 2.16. The summed E-state index contributed by atoms with van der Waals surface area (Å²) in [5.41, 5.74) is 0. The van der Waals surface area contributed by atoms with Crippen LogP contribution in [0.5, 0.6) is 0 Å². The molecule has 13 heavy (non-hydrogen) atoms. The van der Waals surface area contributed by atoms with Crippen molar-refractivity contribution >= 4 is 5.97 Å². The summed E-state index contributed by atoms with van der Waals surface area (Å²) in [5.74, 6) is 0.458. The smallest absolute Gasteiger partial charge is 0.306 e. The first-order valence-electron chi connectivity index (χ1n) is 5.06. The Morgan fingerprint density at radius 1 is 1.54 bits per heavy atom. The molecule has 0 amide bonds. The number of allylic oxidation sites excluding steroid dienone is 2. The van der Waals surface area contributed by atoms with E-state index in [1.807, 2.05) is 13.8 Å². The third-order valence-electron chi connectivity index (χ3n) is 2.47. The molecule has 0 aromatic rings.